The molecule has 1 amide bonds. The number of nitrogens with zero attached hydrogens (tertiary/aromatic N) is 1. The molecule has 0 aliphatic carbocycles. The van der Waals surface area contributed by atoms with Crippen molar-refractivity contribution in [3.8, 4) is 11.5 Å². The van der Waals surface area contributed by atoms with Gasteiger partial charge < -0.3 is 14.4 Å². The third-order valence-corrected chi connectivity index (χ3v) is 3.52. The number of carbonyl (C=O) groups excluding carboxylic acids is 1. The van der Waals surface area contributed by atoms with Crippen LogP contribution in [0.15, 0.2) is 18.2 Å². The van der Waals surface area contributed by atoms with Crippen LogP contribution in [-0.4, -0.2) is 36.1 Å². The molecule has 1 aromatic rings. The molecule has 0 fully saturated rings. The SMILES string of the molecule is CCN(CC)C(=O)COc1cccc2c1OC(C)(C)C2. The second-order valence-corrected chi connectivity index (χ2v) is 5.64. The Labute approximate surface area is 120 Å². The van der Waals surface area contributed by atoms with Crippen LogP contribution in [0.4, 0.5) is 0 Å². The van der Waals surface area contributed by atoms with Gasteiger partial charge in [-0.25, -0.2) is 0 Å². The quantitative estimate of drug-likeness (QED) is 0.830. The molecular weight excluding hydrogens is 254 g/mol. The van der Waals surface area contributed by atoms with Gasteiger partial charge in [0.1, 0.15) is 5.60 Å². The van der Waals surface area contributed by atoms with Gasteiger partial charge in [-0.05, 0) is 33.8 Å². The Morgan fingerprint density at radius 2 is 2.05 bits per heavy atom. The van der Waals surface area contributed by atoms with Crippen molar-refractivity contribution < 1.29 is 14.3 Å². The summed E-state index contributed by atoms with van der Waals surface area (Å²) >= 11 is 0. The molecule has 1 heterocycles. The zero-order chi connectivity index (χ0) is 14.8. The summed E-state index contributed by atoms with van der Waals surface area (Å²) in [6, 6.07) is 5.85. The first-order chi connectivity index (χ1) is 9.46. The molecule has 0 spiro atoms. The Kier molecular flexibility index (Phi) is 4.21. The Balaban J connectivity index is 2.06. The molecular formula is C16H23NO3. The number of para-hydroxylation sites is 1. The third-order valence-electron chi connectivity index (χ3n) is 3.52. The van der Waals surface area contributed by atoms with Gasteiger partial charge in [0.25, 0.3) is 5.91 Å². The van der Waals surface area contributed by atoms with Crippen molar-refractivity contribution >= 4 is 5.91 Å². The van der Waals surface area contributed by atoms with Gasteiger partial charge in [0, 0.05) is 25.1 Å². The van der Waals surface area contributed by atoms with Crippen molar-refractivity contribution in [2.45, 2.75) is 39.7 Å². The molecule has 0 saturated heterocycles. The van der Waals surface area contributed by atoms with Gasteiger partial charge in [0.2, 0.25) is 0 Å². The van der Waals surface area contributed by atoms with Gasteiger partial charge in [-0.3, -0.25) is 4.79 Å². The van der Waals surface area contributed by atoms with Gasteiger partial charge in [0.05, 0.1) is 0 Å². The standard InChI is InChI=1S/C16H23NO3/c1-5-17(6-2)14(18)11-19-13-9-7-8-12-10-16(3,4)20-15(12)13/h7-9H,5-6,10-11H2,1-4H3. The first-order valence-electron chi connectivity index (χ1n) is 7.18. The second kappa shape index (κ2) is 5.73. The van der Waals surface area contributed by atoms with Crippen LogP contribution in [0.5, 0.6) is 11.5 Å². The van der Waals surface area contributed by atoms with E-state index in [1.807, 2.05) is 32.0 Å². The van der Waals surface area contributed by atoms with E-state index in [0.29, 0.717) is 18.8 Å². The monoisotopic (exact) mass is 277 g/mol. The lowest BCUT2D eigenvalue weighted by Gasteiger charge is -2.20. The average Bonchev–Trinajstić information content (AvgIpc) is 2.72. The fourth-order valence-electron chi connectivity index (χ4n) is 2.51. The lowest BCUT2D eigenvalue weighted by molar-refractivity contribution is -0.133. The number of carbonyl (C=O) groups is 1. The molecule has 0 atom stereocenters. The van der Waals surface area contributed by atoms with Crippen LogP contribution in [0, 0.1) is 0 Å². The fraction of sp³-hybridized carbons (Fsp3) is 0.562. The minimum Gasteiger partial charge on any atom is -0.483 e. The van der Waals surface area contributed by atoms with Crippen molar-refractivity contribution in [3.63, 3.8) is 0 Å². The molecule has 0 radical (unpaired) electrons. The van der Waals surface area contributed by atoms with E-state index in [9.17, 15) is 4.79 Å². The molecule has 0 saturated carbocycles. The molecule has 1 aromatic carbocycles. The van der Waals surface area contributed by atoms with Crippen LogP contribution >= 0.6 is 0 Å². The minimum absolute atomic E-state index is 0.00450. The maximum atomic E-state index is 12.0. The van der Waals surface area contributed by atoms with Gasteiger partial charge in [-0.15, -0.1) is 0 Å². The number of ether oxygens (including phenoxy) is 2. The van der Waals surface area contributed by atoms with Crippen LogP contribution in [0.25, 0.3) is 0 Å². The number of rotatable bonds is 5. The highest BCUT2D eigenvalue weighted by atomic mass is 16.5. The number of benzene rings is 1. The van der Waals surface area contributed by atoms with E-state index in [1.54, 1.807) is 4.90 Å². The van der Waals surface area contributed by atoms with Crippen LogP contribution < -0.4 is 9.47 Å². The van der Waals surface area contributed by atoms with Gasteiger partial charge in [-0.1, -0.05) is 12.1 Å². The average molecular weight is 277 g/mol. The van der Waals surface area contributed by atoms with Crippen molar-refractivity contribution in [3.05, 3.63) is 23.8 Å². The molecule has 0 N–H and O–H groups in total. The topological polar surface area (TPSA) is 38.8 Å². The smallest absolute Gasteiger partial charge is 0.260 e. The molecule has 0 bridgehead atoms. The summed E-state index contributed by atoms with van der Waals surface area (Å²) < 4.78 is 11.6. The summed E-state index contributed by atoms with van der Waals surface area (Å²) in [5.41, 5.74) is 0.938. The number of amides is 1. The molecule has 2 rings (SSSR count). The number of likely N-dealkylation sites (N-methyl/N-ethyl adjacent to an activating group) is 1. The zero-order valence-electron chi connectivity index (χ0n) is 12.7. The summed E-state index contributed by atoms with van der Waals surface area (Å²) in [4.78, 5) is 13.7. The highest BCUT2D eigenvalue weighted by Crippen LogP contribution is 2.41. The number of hydrogen-bond acceptors (Lipinski definition) is 3. The van der Waals surface area contributed by atoms with Crippen molar-refractivity contribution in [2.24, 2.45) is 0 Å². The number of fused-ring (bicyclic) bond motifs is 1. The van der Waals surface area contributed by atoms with Crippen molar-refractivity contribution in [1.29, 1.82) is 0 Å². The third kappa shape index (κ3) is 3.06. The summed E-state index contributed by atoms with van der Waals surface area (Å²) in [7, 11) is 0. The molecule has 4 nitrogen and oxygen atoms in total. The second-order valence-electron chi connectivity index (χ2n) is 5.64. The van der Waals surface area contributed by atoms with Crippen molar-refractivity contribution in [1.82, 2.24) is 4.90 Å². The lowest BCUT2D eigenvalue weighted by Crippen LogP contribution is -2.34. The summed E-state index contributed by atoms with van der Waals surface area (Å²) in [6.07, 6.45) is 0.865. The molecule has 0 aromatic heterocycles. The highest BCUT2D eigenvalue weighted by Gasteiger charge is 2.32. The molecule has 0 unspecified atom stereocenters. The zero-order valence-corrected chi connectivity index (χ0v) is 12.7. The van der Waals surface area contributed by atoms with E-state index in [2.05, 4.69) is 13.8 Å². The van der Waals surface area contributed by atoms with Gasteiger partial charge >= 0.3 is 0 Å². The molecule has 20 heavy (non-hydrogen) atoms. The van der Waals surface area contributed by atoms with E-state index in [1.165, 1.54) is 0 Å². The van der Waals surface area contributed by atoms with E-state index < -0.39 is 0 Å². The minimum atomic E-state index is -0.204. The van der Waals surface area contributed by atoms with Gasteiger partial charge in [-0.2, -0.15) is 0 Å². The lowest BCUT2D eigenvalue weighted by atomic mass is 10.0. The Morgan fingerprint density at radius 1 is 1.35 bits per heavy atom. The maximum absolute atomic E-state index is 12.0. The van der Waals surface area contributed by atoms with E-state index >= 15 is 0 Å². The van der Waals surface area contributed by atoms with Crippen LogP contribution in [-0.2, 0) is 11.2 Å². The predicted molar refractivity (Wildman–Crippen MR) is 78.3 cm³/mol. The Morgan fingerprint density at radius 3 is 2.70 bits per heavy atom. The molecule has 4 heteroatoms. The molecule has 1 aliphatic rings. The first kappa shape index (κ1) is 14.7. The van der Waals surface area contributed by atoms with Crippen molar-refractivity contribution in [2.75, 3.05) is 19.7 Å². The van der Waals surface area contributed by atoms with Crippen LogP contribution in [0.3, 0.4) is 0 Å². The Hall–Kier alpha value is -1.71. The van der Waals surface area contributed by atoms with Crippen LogP contribution in [0.1, 0.15) is 33.3 Å². The van der Waals surface area contributed by atoms with E-state index in [-0.39, 0.29) is 18.1 Å². The van der Waals surface area contributed by atoms with E-state index in [0.717, 1.165) is 17.7 Å². The summed E-state index contributed by atoms with van der Waals surface area (Å²) in [5.74, 6) is 1.45. The largest absolute Gasteiger partial charge is 0.483 e. The van der Waals surface area contributed by atoms with Gasteiger partial charge in [0.15, 0.2) is 18.1 Å². The maximum Gasteiger partial charge on any atom is 0.260 e. The van der Waals surface area contributed by atoms with E-state index in [4.69, 9.17) is 9.47 Å². The fourth-order valence-corrected chi connectivity index (χ4v) is 2.51. The predicted octanol–water partition coefficient (Wildman–Crippen LogP) is 2.65. The summed E-state index contributed by atoms with van der Waals surface area (Å²) in [6.45, 7) is 9.50. The first-order valence-corrected chi connectivity index (χ1v) is 7.18. The number of hydrogen-bond donors (Lipinski definition) is 0. The highest BCUT2D eigenvalue weighted by molar-refractivity contribution is 5.77. The molecule has 1 aliphatic heterocycles. The van der Waals surface area contributed by atoms with Crippen LogP contribution in [0.2, 0.25) is 0 Å². The summed E-state index contributed by atoms with van der Waals surface area (Å²) in [5, 5.41) is 0. The molecule has 110 valence electrons. The normalized spacial score (nSPS) is 15.4. The Bertz CT molecular complexity index is 492.